The fourth-order valence-corrected chi connectivity index (χ4v) is 1.87. The van der Waals surface area contributed by atoms with Crippen molar-refractivity contribution in [3.8, 4) is 0 Å². The standard InChI is InChI=1S/C13H17Cl2NO/c1-9-8-11(15)4-5-12(9)13(17)16(3)7-6-10(2)14/h4-5,8,10H,6-7H2,1-3H3. The van der Waals surface area contributed by atoms with Crippen LogP contribution in [0.15, 0.2) is 18.2 Å². The normalized spacial score (nSPS) is 12.3. The molecule has 4 heteroatoms. The summed E-state index contributed by atoms with van der Waals surface area (Å²) in [5, 5.41) is 0.729. The van der Waals surface area contributed by atoms with Gasteiger partial charge in [-0.05, 0) is 44.0 Å². The van der Waals surface area contributed by atoms with E-state index in [1.807, 2.05) is 13.8 Å². The van der Waals surface area contributed by atoms with E-state index in [9.17, 15) is 4.79 Å². The number of hydrogen-bond donors (Lipinski definition) is 0. The van der Waals surface area contributed by atoms with Gasteiger partial charge in [0.2, 0.25) is 0 Å². The van der Waals surface area contributed by atoms with Gasteiger partial charge < -0.3 is 4.90 Å². The highest BCUT2D eigenvalue weighted by Gasteiger charge is 2.14. The quantitative estimate of drug-likeness (QED) is 0.766. The summed E-state index contributed by atoms with van der Waals surface area (Å²) in [4.78, 5) is 13.8. The van der Waals surface area contributed by atoms with Crippen molar-refractivity contribution >= 4 is 29.1 Å². The first-order valence-electron chi connectivity index (χ1n) is 5.57. The molecule has 0 aromatic heterocycles. The molecule has 0 aliphatic carbocycles. The first kappa shape index (κ1) is 14.3. The summed E-state index contributed by atoms with van der Waals surface area (Å²) < 4.78 is 0. The Hall–Kier alpha value is -0.730. The molecule has 0 spiro atoms. The van der Waals surface area contributed by atoms with E-state index in [0.29, 0.717) is 17.1 Å². The molecule has 0 bridgehead atoms. The summed E-state index contributed by atoms with van der Waals surface area (Å²) in [5.74, 6) is 0.0106. The molecule has 0 aliphatic rings. The maximum Gasteiger partial charge on any atom is 0.253 e. The Morgan fingerprint density at radius 2 is 2.12 bits per heavy atom. The maximum absolute atomic E-state index is 12.1. The third-order valence-corrected chi connectivity index (χ3v) is 3.08. The van der Waals surface area contributed by atoms with E-state index < -0.39 is 0 Å². The van der Waals surface area contributed by atoms with Gasteiger partial charge >= 0.3 is 0 Å². The second-order valence-corrected chi connectivity index (χ2v) is 5.44. The lowest BCUT2D eigenvalue weighted by Gasteiger charge is -2.19. The van der Waals surface area contributed by atoms with Crippen LogP contribution < -0.4 is 0 Å². The Morgan fingerprint density at radius 1 is 1.47 bits per heavy atom. The molecule has 0 N–H and O–H groups in total. The van der Waals surface area contributed by atoms with Crippen LogP contribution in [0.4, 0.5) is 0 Å². The monoisotopic (exact) mass is 273 g/mol. The van der Waals surface area contributed by atoms with E-state index in [0.717, 1.165) is 12.0 Å². The fourth-order valence-electron chi connectivity index (χ4n) is 1.55. The number of carbonyl (C=O) groups excluding carboxylic acids is 1. The number of carbonyl (C=O) groups is 1. The molecular formula is C13H17Cl2NO. The maximum atomic E-state index is 12.1. The van der Waals surface area contributed by atoms with Gasteiger partial charge in [-0.2, -0.15) is 0 Å². The van der Waals surface area contributed by atoms with Gasteiger partial charge in [-0.15, -0.1) is 11.6 Å². The second-order valence-electron chi connectivity index (χ2n) is 4.26. The molecule has 0 fully saturated rings. The Kier molecular flexibility index (Phi) is 5.29. The molecule has 1 aromatic carbocycles. The van der Waals surface area contributed by atoms with Crippen molar-refractivity contribution in [2.45, 2.75) is 25.6 Å². The predicted octanol–water partition coefficient (Wildman–Crippen LogP) is 3.74. The number of nitrogens with zero attached hydrogens (tertiary/aromatic N) is 1. The van der Waals surface area contributed by atoms with Crippen molar-refractivity contribution in [1.29, 1.82) is 0 Å². The van der Waals surface area contributed by atoms with Crippen LogP contribution in [0.5, 0.6) is 0 Å². The van der Waals surface area contributed by atoms with Gasteiger partial charge in [0.15, 0.2) is 0 Å². The van der Waals surface area contributed by atoms with E-state index in [-0.39, 0.29) is 11.3 Å². The average Bonchev–Trinajstić information content (AvgIpc) is 2.25. The number of benzene rings is 1. The van der Waals surface area contributed by atoms with Gasteiger partial charge in [-0.1, -0.05) is 11.6 Å². The van der Waals surface area contributed by atoms with Crippen LogP contribution in [-0.4, -0.2) is 29.8 Å². The highest BCUT2D eigenvalue weighted by Crippen LogP contribution is 2.16. The Bertz CT molecular complexity index is 404. The van der Waals surface area contributed by atoms with Gasteiger partial charge in [-0.25, -0.2) is 0 Å². The molecule has 0 aliphatic heterocycles. The number of aryl methyl sites for hydroxylation is 1. The summed E-state index contributed by atoms with van der Waals surface area (Å²) in [6.45, 7) is 4.47. The zero-order valence-corrected chi connectivity index (χ0v) is 11.8. The van der Waals surface area contributed by atoms with Crippen LogP contribution in [0.3, 0.4) is 0 Å². The van der Waals surface area contributed by atoms with Crippen LogP contribution in [0.2, 0.25) is 5.02 Å². The highest BCUT2D eigenvalue weighted by atomic mass is 35.5. The molecular weight excluding hydrogens is 257 g/mol. The van der Waals surface area contributed by atoms with E-state index in [1.54, 1.807) is 30.1 Å². The molecule has 0 saturated carbocycles. The lowest BCUT2D eigenvalue weighted by atomic mass is 10.1. The smallest absolute Gasteiger partial charge is 0.253 e. The molecule has 17 heavy (non-hydrogen) atoms. The molecule has 0 saturated heterocycles. The van der Waals surface area contributed by atoms with Crippen molar-refractivity contribution in [3.05, 3.63) is 34.3 Å². The summed E-state index contributed by atoms with van der Waals surface area (Å²) in [5.41, 5.74) is 1.59. The summed E-state index contributed by atoms with van der Waals surface area (Å²) in [6.07, 6.45) is 0.788. The third kappa shape index (κ3) is 4.21. The second kappa shape index (κ2) is 6.27. The Labute approximate surface area is 113 Å². The fraction of sp³-hybridized carbons (Fsp3) is 0.462. The van der Waals surface area contributed by atoms with Gasteiger partial charge in [0.25, 0.3) is 5.91 Å². The molecule has 1 rings (SSSR count). The molecule has 0 radical (unpaired) electrons. The van der Waals surface area contributed by atoms with Crippen LogP contribution >= 0.6 is 23.2 Å². The zero-order chi connectivity index (χ0) is 13.0. The SMILES string of the molecule is Cc1cc(Cl)ccc1C(=O)N(C)CCC(C)Cl. The molecule has 1 amide bonds. The third-order valence-electron chi connectivity index (χ3n) is 2.63. The molecule has 1 aromatic rings. The summed E-state index contributed by atoms with van der Waals surface area (Å²) >= 11 is 11.7. The van der Waals surface area contributed by atoms with Crippen molar-refractivity contribution < 1.29 is 4.79 Å². The summed E-state index contributed by atoms with van der Waals surface area (Å²) in [6, 6.07) is 5.30. The van der Waals surface area contributed by atoms with E-state index in [1.165, 1.54) is 0 Å². The van der Waals surface area contributed by atoms with Crippen LogP contribution in [-0.2, 0) is 0 Å². The number of halogens is 2. The van der Waals surface area contributed by atoms with Gasteiger partial charge in [0, 0.05) is 29.6 Å². The number of hydrogen-bond acceptors (Lipinski definition) is 1. The lowest BCUT2D eigenvalue weighted by Crippen LogP contribution is -2.29. The van der Waals surface area contributed by atoms with E-state index in [2.05, 4.69) is 0 Å². The van der Waals surface area contributed by atoms with E-state index >= 15 is 0 Å². The van der Waals surface area contributed by atoms with E-state index in [4.69, 9.17) is 23.2 Å². The minimum Gasteiger partial charge on any atom is -0.342 e. The average molecular weight is 274 g/mol. The largest absolute Gasteiger partial charge is 0.342 e. The van der Waals surface area contributed by atoms with Crippen molar-refractivity contribution in [3.63, 3.8) is 0 Å². The number of amides is 1. The minimum atomic E-state index is 0.0106. The Morgan fingerprint density at radius 3 is 2.65 bits per heavy atom. The minimum absolute atomic E-state index is 0.0106. The van der Waals surface area contributed by atoms with Crippen molar-refractivity contribution in [1.82, 2.24) is 4.90 Å². The van der Waals surface area contributed by atoms with Crippen LogP contribution in [0.25, 0.3) is 0 Å². The zero-order valence-electron chi connectivity index (χ0n) is 10.3. The first-order chi connectivity index (χ1) is 7.91. The molecule has 94 valence electrons. The van der Waals surface area contributed by atoms with Crippen molar-refractivity contribution in [2.24, 2.45) is 0 Å². The number of rotatable bonds is 4. The van der Waals surface area contributed by atoms with Crippen LogP contribution in [0, 0.1) is 6.92 Å². The highest BCUT2D eigenvalue weighted by molar-refractivity contribution is 6.30. The van der Waals surface area contributed by atoms with Gasteiger partial charge in [0.05, 0.1) is 0 Å². The first-order valence-corrected chi connectivity index (χ1v) is 6.39. The summed E-state index contributed by atoms with van der Waals surface area (Å²) in [7, 11) is 1.79. The molecule has 1 unspecified atom stereocenters. The van der Waals surface area contributed by atoms with Crippen LogP contribution in [0.1, 0.15) is 29.3 Å². The topological polar surface area (TPSA) is 20.3 Å². The van der Waals surface area contributed by atoms with Crippen molar-refractivity contribution in [2.75, 3.05) is 13.6 Å². The van der Waals surface area contributed by atoms with Gasteiger partial charge in [-0.3, -0.25) is 4.79 Å². The Balaban J connectivity index is 2.75. The molecule has 1 atom stereocenters. The predicted molar refractivity (Wildman–Crippen MR) is 73.1 cm³/mol. The molecule has 2 nitrogen and oxygen atoms in total. The number of alkyl halides is 1. The van der Waals surface area contributed by atoms with Gasteiger partial charge in [0.1, 0.15) is 0 Å². The lowest BCUT2D eigenvalue weighted by molar-refractivity contribution is 0.0793. The molecule has 0 heterocycles.